The smallest absolute Gasteiger partial charge is 0.261 e. The van der Waals surface area contributed by atoms with Crippen molar-refractivity contribution in [3.63, 3.8) is 0 Å². The van der Waals surface area contributed by atoms with Gasteiger partial charge in [-0.2, -0.15) is 0 Å². The minimum absolute atomic E-state index is 0.0237. The Hall–Kier alpha value is -2.40. The average molecular weight is 338 g/mol. The maximum atomic E-state index is 12.6. The van der Waals surface area contributed by atoms with Gasteiger partial charge in [0.05, 0.1) is 0 Å². The fourth-order valence-corrected chi connectivity index (χ4v) is 4.57. The van der Waals surface area contributed by atoms with Crippen LogP contribution in [0.5, 0.6) is 0 Å². The lowest BCUT2D eigenvalue weighted by molar-refractivity contribution is 0.0860. The van der Waals surface area contributed by atoms with Crippen LogP contribution in [0.1, 0.15) is 29.6 Å². The van der Waals surface area contributed by atoms with E-state index in [-0.39, 0.29) is 35.6 Å². The van der Waals surface area contributed by atoms with Crippen LogP contribution in [0.2, 0.25) is 0 Å². The van der Waals surface area contributed by atoms with Gasteiger partial charge in [-0.3, -0.25) is 9.59 Å². The summed E-state index contributed by atoms with van der Waals surface area (Å²) in [5, 5.41) is 12.6. The molecule has 2 aromatic rings. The van der Waals surface area contributed by atoms with Crippen LogP contribution in [-0.2, 0) is 0 Å². The maximum absolute atomic E-state index is 12.6. The first kappa shape index (κ1) is 16.1. The van der Waals surface area contributed by atoms with Gasteiger partial charge in [0.2, 0.25) is 0 Å². The Morgan fingerprint density at radius 1 is 1.12 bits per heavy atom. The zero-order valence-electron chi connectivity index (χ0n) is 13.9. The molecule has 130 valence electrons. The minimum atomic E-state index is -0.387. The summed E-state index contributed by atoms with van der Waals surface area (Å²) in [5.41, 5.74) is 1.33. The van der Waals surface area contributed by atoms with Crippen LogP contribution < -0.4 is 10.9 Å². The molecule has 2 aliphatic rings. The van der Waals surface area contributed by atoms with E-state index in [1.54, 1.807) is 12.1 Å². The molecular weight excluding hydrogens is 316 g/mol. The van der Waals surface area contributed by atoms with Crippen LogP contribution in [0.15, 0.2) is 47.3 Å². The van der Waals surface area contributed by atoms with E-state index in [4.69, 9.17) is 0 Å². The summed E-state index contributed by atoms with van der Waals surface area (Å²) in [6.45, 7) is 0.0927. The third-order valence-corrected chi connectivity index (χ3v) is 5.84. The molecule has 4 atom stereocenters. The summed E-state index contributed by atoms with van der Waals surface area (Å²) in [5.74, 6) is 0.690. The number of carbonyl (C=O) groups excluding carboxylic acids is 1. The lowest BCUT2D eigenvalue weighted by atomic mass is 9.85. The van der Waals surface area contributed by atoms with E-state index in [1.165, 1.54) is 0 Å². The van der Waals surface area contributed by atoms with Gasteiger partial charge in [-0.1, -0.05) is 30.3 Å². The van der Waals surface area contributed by atoms with Crippen LogP contribution in [-0.4, -0.2) is 28.6 Å². The first-order chi connectivity index (χ1) is 12.2. The minimum Gasteiger partial charge on any atom is -0.396 e. The third-order valence-electron chi connectivity index (χ3n) is 5.84. The van der Waals surface area contributed by atoms with Crippen LogP contribution in [0.3, 0.4) is 0 Å². The van der Waals surface area contributed by atoms with Gasteiger partial charge in [0.25, 0.3) is 11.5 Å². The Kier molecular flexibility index (Phi) is 4.17. The van der Waals surface area contributed by atoms with Crippen molar-refractivity contribution < 1.29 is 9.90 Å². The molecule has 3 N–H and O–H groups in total. The number of fused-ring (bicyclic) bond motifs is 2. The van der Waals surface area contributed by atoms with Crippen molar-refractivity contribution in [2.24, 2.45) is 17.8 Å². The summed E-state index contributed by atoms with van der Waals surface area (Å²) in [6, 6.07) is 12.9. The Balaban J connectivity index is 1.54. The fourth-order valence-electron chi connectivity index (χ4n) is 4.57. The SMILES string of the molecule is O=C(NC1C2CCC(C2)C1CO)c1ccc(-c2ccccc2)[nH]c1=O. The molecule has 2 fully saturated rings. The number of hydrogen-bond acceptors (Lipinski definition) is 3. The summed E-state index contributed by atoms with van der Waals surface area (Å²) in [7, 11) is 0. The molecule has 5 nitrogen and oxygen atoms in total. The molecule has 1 heterocycles. The number of carbonyl (C=O) groups is 1. The lowest BCUT2D eigenvalue weighted by Gasteiger charge is -2.30. The van der Waals surface area contributed by atoms with Crippen molar-refractivity contribution >= 4 is 5.91 Å². The van der Waals surface area contributed by atoms with E-state index in [0.717, 1.165) is 24.8 Å². The standard InChI is InChI=1S/C20H22N2O3/c23-11-16-13-6-7-14(10-13)18(16)22-20(25)15-8-9-17(21-19(15)24)12-4-2-1-3-5-12/h1-5,8-9,13-14,16,18,23H,6-7,10-11H2,(H,21,24)(H,22,25). The summed E-state index contributed by atoms with van der Waals surface area (Å²) >= 11 is 0. The van der Waals surface area contributed by atoms with Gasteiger partial charge < -0.3 is 15.4 Å². The highest BCUT2D eigenvalue weighted by molar-refractivity contribution is 5.94. The second kappa shape index (κ2) is 6.48. The van der Waals surface area contributed by atoms with Crippen molar-refractivity contribution in [3.05, 3.63) is 58.4 Å². The molecule has 2 aliphatic carbocycles. The zero-order chi connectivity index (χ0) is 17.4. The number of hydrogen-bond donors (Lipinski definition) is 3. The van der Waals surface area contributed by atoms with Gasteiger partial charge in [-0.05, 0) is 48.8 Å². The molecule has 0 aliphatic heterocycles. The molecule has 1 aromatic carbocycles. The van der Waals surface area contributed by atoms with Gasteiger partial charge in [0, 0.05) is 24.3 Å². The molecule has 0 radical (unpaired) electrons. The predicted molar refractivity (Wildman–Crippen MR) is 95.2 cm³/mol. The van der Waals surface area contributed by atoms with E-state index in [0.29, 0.717) is 17.5 Å². The number of aromatic nitrogens is 1. The molecule has 4 rings (SSSR count). The first-order valence-electron chi connectivity index (χ1n) is 8.88. The third kappa shape index (κ3) is 2.89. The van der Waals surface area contributed by atoms with Crippen LogP contribution in [0.4, 0.5) is 0 Å². The second-order valence-corrected chi connectivity index (χ2v) is 7.16. The summed E-state index contributed by atoms with van der Waals surface area (Å²) in [6.07, 6.45) is 3.30. The zero-order valence-corrected chi connectivity index (χ0v) is 13.9. The molecule has 2 saturated carbocycles. The highest BCUT2D eigenvalue weighted by Crippen LogP contribution is 2.48. The van der Waals surface area contributed by atoms with Crippen molar-refractivity contribution in [2.75, 3.05) is 6.61 Å². The highest BCUT2D eigenvalue weighted by atomic mass is 16.3. The quantitative estimate of drug-likeness (QED) is 0.799. The summed E-state index contributed by atoms with van der Waals surface area (Å²) < 4.78 is 0. The molecule has 1 aromatic heterocycles. The predicted octanol–water partition coefficient (Wildman–Crippen LogP) is 2.18. The van der Waals surface area contributed by atoms with Crippen LogP contribution >= 0.6 is 0 Å². The molecule has 25 heavy (non-hydrogen) atoms. The van der Waals surface area contributed by atoms with Gasteiger partial charge in [-0.25, -0.2) is 0 Å². The number of aromatic amines is 1. The molecule has 4 unspecified atom stereocenters. The normalized spacial score (nSPS) is 27.4. The number of rotatable bonds is 4. The molecule has 2 bridgehead atoms. The average Bonchev–Trinajstić information content (AvgIpc) is 3.23. The fraction of sp³-hybridized carbons (Fsp3) is 0.400. The van der Waals surface area contributed by atoms with Crippen LogP contribution in [0.25, 0.3) is 11.3 Å². The van der Waals surface area contributed by atoms with E-state index >= 15 is 0 Å². The Labute approximate surface area is 146 Å². The number of benzene rings is 1. The van der Waals surface area contributed by atoms with Crippen LogP contribution in [0, 0.1) is 17.8 Å². The number of nitrogens with one attached hydrogen (secondary N) is 2. The van der Waals surface area contributed by atoms with E-state index in [9.17, 15) is 14.7 Å². The Morgan fingerprint density at radius 3 is 2.60 bits per heavy atom. The molecule has 5 heteroatoms. The Bertz CT molecular complexity index is 830. The number of amides is 1. The van der Waals surface area contributed by atoms with E-state index in [1.807, 2.05) is 30.3 Å². The molecule has 0 saturated heterocycles. The lowest BCUT2D eigenvalue weighted by Crippen LogP contribution is -2.46. The van der Waals surface area contributed by atoms with Gasteiger partial charge in [0.1, 0.15) is 5.56 Å². The largest absolute Gasteiger partial charge is 0.396 e. The van der Waals surface area contributed by atoms with Gasteiger partial charge >= 0.3 is 0 Å². The number of H-pyrrole nitrogens is 1. The molecule has 1 amide bonds. The summed E-state index contributed by atoms with van der Waals surface area (Å²) in [4.78, 5) is 27.8. The topological polar surface area (TPSA) is 82.2 Å². The van der Waals surface area contributed by atoms with Crippen molar-refractivity contribution in [2.45, 2.75) is 25.3 Å². The van der Waals surface area contributed by atoms with Gasteiger partial charge in [-0.15, -0.1) is 0 Å². The van der Waals surface area contributed by atoms with Crippen molar-refractivity contribution in [1.82, 2.24) is 10.3 Å². The Morgan fingerprint density at radius 2 is 1.88 bits per heavy atom. The molecular formula is C20H22N2O3. The monoisotopic (exact) mass is 338 g/mol. The second-order valence-electron chi connectivity index (χ2n) is 7.16. The maximum Gasteiger partial charge on any atom is 0.261 e. The van der Waals surface area contributed by atoms with Gasteiger partial charge in [0.15, 0.2) is 0 Å². The van der Waals surface area contributed by atoms with E-state index < -0.39 is 0 Å². The van der Waals surface area contributed by atoms with Crippen molar-refractivity contribution in [1.29, 1.82) is 0 Å². The highest BCUT2D eigenvalue weighted by Gasteiger charge is 2.47. The molecule has 0 spiro atoms. The number of pyridine rings is 1. The number of aliphatic hydroxyl groups excluding tert-OH is 1. The van der Waals surface area contributed by atoms with E-state index in [2.05, 4.69) is 10.3 Å². The first-order valence-corrected chi connectivity index (χ1v) is 8.88. The number of aliphatic hydroxyl groups is 1. The van der Waals surface area contributed by atoms with Crippen molar-refractivity contribution in [3.8, 4) is 11.3 Å².